The van der Waals surface area contributed by atoms with Gasteiger partial charge < -0.3 is 10.0 Å². The lowest BCUT2D eigenvalue weighted by Gasteiger charge is -2.22. The van der Waals surface area contributed by atoms with Crippen molar-refractivity contribution in [3.8, 4) is 0 Å². The Balaban J connectivity index is 3.96. The topological polar surface area (TPSA) is 60.9 Å². The molecule has 0 saturated heterocycles. The van der Waals surface area contributed by atoms with Crippen molar-refractivity contribution >= 4 is 11.9 Å². The number of aliphatic carboxylic acids is 1. The fourth-order valence-corrected chi connectivity index (χ4v) is 1.37. The Labute approximate surface area is 97.0 Å². The standard InChI is InChI=1S/C11H22N2O3/c1-4-7-13(8-5-6-11(15)16)9-10(14)12(2)3/h4-9H2,1-3H3,(H,15,16). The second-order valence-electron chi connectivity index (χ2n) is 4.06. The Kier molecular flexibility index (Phi) is 7.54. The Bertz CT molecular complexity index is 229. The lowest BCUT2D eigenvalue weighted by molar-refractivity contribution is -0.137. The molecule has 16 heavy (non-hydrogen) atoms. The van der Waals surface area contributed by atoms with Crippen molar-refractivity contribution in [1.82, 2.24) is 9.80 Å². The average Bonchev–Trinajstić information content (AvgIpc) is 2.17. The van der Waals surface area contributed by atoms with E-state index < -0.39 is 5.97 Å². The number of likely N-dealkylation sites (N-methyl/N-ethyl adjacent to an activating group) is 1. The average molecular weight is 230 g/mol. The van der Waals surface area contributed by atoms with Crippen molar-refractivity contribution in [1.29, 1.82) is 0 Å². The van der Waals surface area contributed by atoms with E-state index in [0.717, 1.165) is 13.0 Å². The first-order valence-electron chi connectivity index (χ1n) is 5.61. The number of hydrogen-bond donors (Lipinski definition) is 1. The summed E-state index contributed by atoms with van der Waals surface area (Å²) in [5.41, 5.74) is 0. The van der Waals surface area contributed by atoms with Gasteiger partial charge in [0.15, 0.2) is 0 Å². The predicted molar refractivity (Wildman–Crippen MR) is 62.3 cm³/mol. The van der Waals surface area contributed by atoms with Crippen molar-refractivity contribution < 1.29 is 14.7 Å². The third-order valence-electron chi connectivity index (χ3n) is 2.26. The molecule has 0 bridgehead atoms. The molecule has 0 fully saturated rings. The first kappa shape index (κ1) is 14.9. The summed E-state index contributed by atoms with van der Waals surface area (Å²) in [6, 6.07) is 0. The van der Waals surface area contributed by atoms with E-state index in [1.54, 1.807) is 19.0 Å². The summed E-state index contributed by atoms with van der Waals surface area (Å²) in [6.07, 6.45) is 1.72. The van der Waals surface area contributed by atoms with Crippen LogP contribution in [0.3, 0.4) is 0 Å². The van der Waals surface area contributed by atoms with Gasteiger partial charge in [0.2, 0.25) is 5.91 Å². The molecule has 0 radical (unpaired) electrons. The van der Waals surface area contributed by atoms with Crippen LogP contribution in [0.2, 0.25) is 0 Å². The number of amides is 1. The number of carboxylic acid groups (broad SMARTS) is 1. The Hall–Kier alpha value is -1.10. The van der Waals surface area contributed by atoms with Gasteiger partial charge in [-0.2, -0.15) is 0 Å². The minimum absolute atomic E-state index is 0.0591. The third kappa shape index (κ3) is 7.23. The van der Waals surface area contributed by atoms with Gasteiger partial charge in [-0.3, -0.25) is 14.5 Å². The molecule has 0 aromatic carbocycles. The van der Waals surface area contributed by atoms with Crippen molar-refractivity contribution in [3.05, 3.63) is 0 Å². The molecule has 0 rings (SSSR count). The Morgan fingerprint density at radius 1 is 1.19 bits per heavy atom. The SMILES string of the molecule is CCCN(CCCC(=O)O)CC(=O)N(C)C. The zero-order valence-corrected chi connectivity index (χ0v) is 10.4. The van der Waals surface area contributed by atoms with Gasteiger partial charge in [-0.15, -0.1) is 0 Å². The smallest absolute Gasteiger partial charge is 0.303 e. The van der Waals surface area contributed by atoms with Crippen molar-refractivity contribution in [2.24, 2.45) is 0 Å². The van der Waals surface area contributed by atoms with Crippen molar-refractivity contribution in [3.63, 3.8) is 0 Å². The minimum atomic E-state index is -0.782. The molecule has 0 unspecified atom stereocenters. The number of carboxylic acids is 1. The first-order chi connectivity index (χ1) is 7.47. The van der Waals surface area contributed by atoms with Gasteiger partial charge in [-0.1, -0.05) is 6.92 Å². The number of rotatable bonds is 8. The van der Waals surface area contributed by atoms with E-state index in [9.17, 15) is 9.59 Å². The number of carbonyl (C=O) groups excluding carboxylic acids is 1. The molecule has 5 heteroatoms. The van der Waals surface area contributed by atoms with Gasteiger partial charge in [-0.25, -0.2) is 0 Å². The second kappa shape index (κ2) is 8.10. The van der Waals surface area contributed by atoms with Crippen LogP contribution in [-0.4, -0.2) is 60.5 Å². The maximum absolute atomic E-state index is 11.5. The zero-order valence-electron chi connectivity index (χ0n) is 10.4. The van der Waals surface area contributed by atoms with E-state index in [0.29, 0.717) is 19.5 Å². The highest BCUT2D eigenvalue weighted by molar-refractivity contribution is 5.77. The molecule has 0 aromatic heterocycles. The number of hydrogen-bond acceptors (Lipinski definition) is 3. The maximum atomic E-state index is 11.5. The van der Waals surface area contributed by atoms with E-state index in [1.165, 1.54) is 0 Å². The normalized spacial score (nSPS) is 10.5. The lowest BCUT2D eigenvalue weighted by Crippen LogP contribution is -2.37. The van der Waals surface area contributed by atoms with E-state index in [2.05, 4.69) is 0 Å². The van der Waals surface area contributed by atoms with Crippen LogP contribution in [-0.2, 0) is 9.59 Å². The van der Waals surface area contributed by atoms with Crippen LogP contribution in [0.25, 0.3) is 0 Å². The fraction of sp³-hybridized carbons (Fsp3) is 0.818. The molecule has 0 aliphatic carbocycles. The summed E-state index contributed by atoms with van der Waals surface area (Å²) in [5, 5.41) is 8.53. The van der Waals surface area contributed by atoms with Crippen molar-refractivity contribution in [2.45, 2.75) is 26.2 Å². The van der Waals surface area contributed by atoms with Crippen LogP contribution in [0, 0.1) is 0 Å². The van der Waals surface area contributed by atoms with Crippen LogP contribution < -0.4 is 0 Å². The van der Waals surface area contributed by atoms with E-state index in [1.807, 2.05) is 11.8 Å². The molecule has 5 nitrogen and oxygen atoms in total. The molecule has 0 atom stereocenters. The van der Waals surface area contributed by atoms with Gasteiger partial charge in [0, 0.05) is 20.5 Å². The molecule has 0 spiro atoms. The largest absolute Gasteiger partial charge is 0.481 e. The fourth-order valence-electron chi connectivity index (χ4n) is 1.37. The van der Waals surface area contributed by atoms with Crippen LogP contribution >= 0.6 is 0 Å². The highest BCUT2D eigenvalue weighted by atomic mass is 16.4. The van der Waals surface area contributed by atoms with Gasteiger partial charge in [-0.05, 0) is 25.9 Å². The third-order valence-corrected chi connectivity index (χ3v) is 2.26. The quantitative estimate of drug-likeness (QED) is 0.665. The minimum Gasteiger partial charge on any atom is -0.481 e. The predicted octanol–water partition coefficient (Wildman–Crippen LogP) is 0.651. The highest BCUT2D eigenvalue weighted by Gasteiger charge is 2.11. The van der Waals surface area contributed by atoms with Crippen LogP contribution in [0.5, 0.6) is 0 Å². The lowest BCUT2D eigenvalue weighted by atomic mass is 10.2. The van der Waals surface area contributed by atoms with E-state index in [-0.39, 0.29) is 12.3 Å². The number of carbonyl (C=O) groups is 2. The van der Waals surface area contributed by atoms with Crippen molar-refractivity contribution in [2.75, 3.05) is 33.7 Å². The maximum Gasteiger partial charge on any atom is 0.303 e. The molecule has 1 N–H and O–H groups in total. The molecule has 0 saturated carbocycles. The Morgan fingerprint density at radius 2 is 1.81 bits per heavy atom. The summed E-state index contributed by atoms with van der Waals surface area (Å²) in [6.45, 7) is 3.92. The Morgan fingerprint density at radius 3 is 2.25 bits per heavy atom. The highest BCUT2D eigenvalue weighted by Crippen LogP contribution is 1.98. The second-order valence-corrected chi connectivity index (χ2v) is 4.06. The zero-order chi connectivity index (χ0) is 12.6. The van der Waals surface area contributed by atoms with Gasteiger partial charge >= 0.3 is 5.97 Å². The molecular formula is C11H22N2O3. The summed E-state index contributed by atoms with van der Waals surface area (Å²) in [4.78, 5) is 25.4. The molecule has 0 aliphatic rings. The molecule has 0 aromatic rings. The monoisotopic (exact) mass is 230 g/mol. The van der Waals surface area contributed by atoms with Crippen LogP contribution in [0.1, 0.15) is 26.2 Å². The molecule has 94 valence electrons. The van der Waals surface area contributed by atoms with Gasteiger partial charge in [0.1, 0.15) is 0 Å². The van der Waals surface area contributed by atoms with E-state index >= 15 is 0 Å². The summed E-state index contributed by atoms with van der Waals surface area (Å²) in [7, 11) is 3.45. The summed E-state index contributed by atoms with van der Waals surface area (Å²) >= 11 is 0. The molecule has 1 amide bonds. The van der Waals surface area contributed by atoms with Gasteiger partial charge in [0.05, 0.1) is 6.54 Å². The molecule has 0 heterocycles. The van der Waals surface area contributed by atoms with Crippen LogP contribution in [0.15, 0.2) is 0 Å². The first-order valence-corrected chi connectivity index (χ1v) is 5.61. The van der Waals surface area contributed by atoms with E-state index in [4.69, 9.17) is 5.11 Å². The van der Waals surface area contributed by atoms with Gasteiger partial charge in [0.25, 0.3) is 0 Å². The summed E-state index contributed by atoms with van der Waals surface area (Å²) in [5.74, 6) is -0.723. The molecular weight excluding hydrogens is 208 g/mol. The molecule has 0 aliphatic heterocycles. The summed E-state index contributed by atoms with van der Waals surface area (Å²) < 4.78 is 0. The number of nitrogens with zero attached hydrogens (tertiary/aromatic N) is 2. The van der Waals surface area contributed by atoms with Crippen LogP contribution in [0.4, 0.5) is 0 Å².